The first-order valence-corrected chi connectivity index (χ1v) is 9.52. The van der Waals surface area contributed by atoms with Crippen molar-refractivity contribution >= 4 is 23.6 Å². The predicted molar refractivity (Wildman–Crippen MR) is 95.2 cm³/mol. The maximum Gasteiger partial charge on any atom is 0.230 e. The molecule has 0 aromatic heterocycles. The highest BCUT2D eigenvalue weighted by atomic mass is 32.2. The Balaban J connectivity index is 1.50. The van der Waals surface area contributed by atoms with E-state index >= 15 is 0 Å². The molecular formula is C18H24N2O2S. The van der Waals surface area contributed by atoms with Crippen LogP contribution in [0.5, 0.6) is 0 Å². The molecule has 0 radical (unpaired) electrons. The van der Waals surface area contributed by atoms with E-state index in [0.717, 1.165) is 36.5 Å². The molecular weight excluding hydrogens is 308 g/mol. The lowest BCUT2D eigenvalue weighted by Gasteiger charge is -2.12. The van der Waals surface area contributed by atoms with Crippen molar-refractivity contribution in [3.05, 3.63) is 35.4 Å². The topological polar surface area (TPSA) is 50.7 Å². The van der Waals surface area contributed by atoms with E-state index in [1.165, 1.54) is 5.56 Å². The molecule has 1 saturated carbocycles. The Morgan fingerprint density at radius 1 is 1.35 bits per heavy atom. The second-order valence-corrected chi connectivity index (χ2v) is 7.26. The van der Waals surface area contributed by atoms with Gasteiger partial charge in [-0.3, -0.25) is 4.79 Å². The van der Waals surface area contributed by atoms with Gasteiger partial charge in [-0.2, -0.15) is 0 Å². The third-order valence-corrected chi connectivity index (χ3v) is 5.24. The van der Waals surface area contributed by atoms with Gasteiger partial charge in [0.1, 0.15) is 6.10 Å². The van der Waals surface area contributed by atoms with Crippen molar-refractivity contribution in [1.29, 1.82) is 0 Å². The minimum atomic E-state index is 0.0647. The maximum absolute atomic E-state index is 11.7. The molecule has 2 atom stereocenters. The number of carbonyl (C=O) groups excluding carboxylic acids is 1. The van der Waals surface area contributed by atoms with Gasteiger partial charge in [0.15, 0.2) is 0 Å². The summed E-state index contributed by atoms with van der Waals surface area (Å²) in [5, 5.41) is 3.01. The van der Waals surface area contributed by atoms with Crippen molar-refractivity contribution in [2.24, 2.45) is 4.99 Å². The molecule has 2 aliphatic rings. The van der Waals surface area contributed by atoms with Crippen LogP contribution in [-0.2, 0) is 16.0 Å². The molecule has 1 amide bonds. The van der Waals surface area contributed by atoms with Crippen LogP contribution < -0.4 is 5.32 Å². The van der Waals surface area contributed by atoms with Crippen LogP contribution in [0.2, 0.25) is 0 Å². The summed E-state index contributed by atoms with van der Waals surface area (Å²) in [7, 11) is 0. The lowest BCUT2D eigenvalue weighted by Crippen LogP contribution is -2.28. The van der Waals surface area contributed by atoms with Gasteiger partial charge in [-0.25, -0.2) is 4.99 Å². The highest BCUT2D eigenvalue weighted by Crippen LogP contribution is 2.22. The minimum absolute atomic E-state index is 0.0647. The standard InChI is InChI=1S/C18H24N2O2S/c1-3-13-4-6-14(7-5-13)18-20-16(12(2)22-18)10-23-11-17(21)19-15-8-9-15/h4-7,12,15-16H,3,8-11H2,1-2H3,(H,19,21). The fourth-order valence-corrected chi connectivity index (χ4v) is 3.48. The lowest BCUT2D eigenvalue weighted by atomic mass is 10.1. The molecule has 1 N–H and O–H groups in total. The number of benzene rings is 1. The summed E-state index contributed by atoms with van der Waals surface area (Å²) in [6.07, 6.45) is 3.37. The zero-order valence-corrected chi connectivity index (χ0v) is 14.6. The second kappa shape index (κ2) is 7.39. The fraction of sp³-hybridized carbons (Fsp3) is 0.556. The first kappa shape index (κ1) is 16.4. The van der Waals surface area contributed by atoms with Gasteiger partial charge in [-0.15, -0.1) is 11.8 Å². The summed E-state index contributed by atoms with van der Waals surface area (Å²) in [6, 6.07) is 8.94. The van der Waals surface area contributed by atoms with Gasteiger partial charge in [-0.05, 0) is 43.9 Å². The Morgan fingerprint density at radius 3 is 2.74 bits per heavy atom. The van der Waals surface area contributed by atoms with Crippen LogP contribution in [-0.4, -0.2) is 41.5 Å². The Labute approximate surface area is 142 Å². The van der Waals surface area contributed by atoms with Crippen LogP contribution in [0, 0.1) is 0 Å². The number of hydrogen-bond donors (Lipinski definition) is 1. The van der Waals surface area contributed by atoms with Crippen LogP contribution in [0.4, 0.5) is 0 Å². The van der Waals surface area contributed by atoms with E-state index in [2.05, 4.69) is 36.5 Å². The average Bonchev–Trinajstić information content (AvgIpc) is 3.29. The molecule has 1 heterocycles. The summed E-state index contributed by atoms with van der Waals surface area (Å²) < 4.78 is 5.90. The number of nitrogens with zero attached hydrogens (tertiary/aromatic N) is 1. The zero-order chi connectivity index (χ0) is 16.2. The fourth-order valence-electron chi connectivity index (χ4n) is 2.51. The molecule has 1 fully saturated rings. The number of hydrogen-bond acceptors (Lipinski definition) is 4. The minimum Gasteiger partial charge on any atom is -0.472 e. The monoisotopic (exact) mass is 332 g/mol. The molecule has 1 aromatic rings. The third kappa shape index (κ3) is 4.50. The molecule has 4 nitrogen and oxygen atoms in total. The molecule has 124 valence electrons. The highest BCUT2D eigenvalue weighted by Gasteiger charge is 2.28. The van der Waals surface area contributed by atoms with Gasteiger partial charge in [-0.1, -0.05) is 19.1 Å². The van der Waals surface area contributed by atoms with Crippen molar-refractivity contribution in [2.45, 2.75) is 51.3 Å². The average molecular weight is 332 g/mol. The van der Waals surface area contributed by atoms with E-state index in [4.69, 9.17) is 9.73 Å². The number of ether oxygens (including phenoxy) is 1. The van der Waals surface area contributed by atoms with Crippen LogP contribution in [0.1, 0.15) is 37.8 Å². The summed E-state index contributed by atoms with van der Waals surface area (Å²) in [5.41, 5.74) is 2.35. The van der Waals surface area contributed by atoms with Gasteiger partial charge in [0.25, 0.3) is 0 Å². The second-order valence-electron chi connectivity index (χ2n) is 6.23. The van der Waals surface area contributed by atoms with Crippen molar-refractivity contribution in [3.8, 4) is 0 Å². The van der Waals surface area contributed by atoms with Gasteiger partial charge < -0.3 is 10.1 Å². The molecule has 23 heavy (non-hydrogen) atoms. The Morgan fingerprint density at radius 2 is 2.09 bits per heavy atom. The predicted octanol–water partition coefficient (Wildman–Crippen LogP) is 2.79. The number of carbonyl (C=O) groups is 1. The number of amides is 1. The van der Waals surface area contributed by atoms with Gasteiger partial charge in [0.05, 0.1) is 11.8 Å². The van der Waals surface area contributed by atoms with Gasteiger partial charge in [0.2, 0.25) is 11.8 Å². The number of aliphatic imine (C=N–C) groups is 1. The Bertz CT molecular complexity index is 581. The van der Waals surface area contributed by atoms with Crippen LogP contribution in [0.3, 0.4) is 0 Å². The third-order valence-electron chi connectivity index (χ3n) is 4.20. The summed E-state index contributed by atoms with van der Waals surface area (Å²) >= 11 is 1.64. The molecule has 1 aliphatic heterocycles. The highest BCUT2D eigenvalue weighted by molar-refractivity contribution is 8.00. The van der Waals surface area contributed by atoms with Crippen molar-refractivity contribution in [2.75, 3.05) is 11.5 Å². The van der Waals surface area contributed by atoms with E-state index in [0.29, 0.717) is 11.8 Å². The van der Waals surface area contributed by atoms with E-state index < -0.39 is 0 Å². The molecule has 5 heteroatoms. The van der Waals surface area contributed by atoms with E-state index in [9.17, 15) is 4.79 Å². The van der Waals surface area contributed by atoms with Gasteiger partial charge >= 0.3 is 0 Å². The van der Waals surface area contributed by atoms with Crippen molar-refractivity contribution < 1.29 is 9.53 Å². The van der Waals surface area contributed by atoms with Crippen molar-refractivity contribution in [1.82, 2.24) is 5.32 Å². The first-order valence-electron chi connectivity index (χ1n) is 8.36. The van der Waals surface area contributed by atoms with Gasteiger partial charge in [0, 0.05) is 17.4 Å². The first-order chi connectivity index (χ1) is 11.2. The SMILES string of the molecule is CCc1ccc(C2=NC(CSCC(=O)NC3CC3)C(C)O2)cc1. The van der Waals surface area contributed by atoms with E-state index in [1.54, 1.807) is 11.8 Å². The largest absolute Gasteiger partial charge is 0.472 e. The number of nitrogens with one attached hydrogen (secondary N) is 1. The quantitative estimate of drug-likeness (QED) is 0.835. The number of thioether (sulfide) groups is 1. The van der Waals surface area contributed by atoms with E-state index in [1.807, 2.05) is 6.92 Å². The molecule has 1 aromatic carbocycles. The molecule has 0 spiro atoms. The molecule has 2 unspecified atom stereocenters. The van der Waals surface area contributed by atoms with Crippen LogP contribution in [0.25, 0.3) is 0 Å². The molecule has 0 saturated heterocycles. The van der Waals surface area contributed by atoms with Crippen LogP contribution in [0.15, 0.2) is 29.3 Å². The van der Waals surface area contributed by atoms with E-state index in [-0.39, 0.29) is 18.1 Å². The maximum atomic E-state index is 11.7. The normalized spacial score (nSPS) is 23.3. The zero-order valence-electron chi connectivity index (χ0n) is 13.7. The van der Waals surface area contributed by atoms with Crippen LogP contribution >= 0.6 is 11.8 Å². The summed E-state index contributed by atoms with van der Waals surface area (Å²) in [4.78, 5) is 16.4. The molecule has 0 bridgehead atoms. The summed E-state index contributed by atoms with van der Waals surface area (Å²) in [5.74, 6) is 2.20. The Kier molecular flexibility index (Phi) is 5.26. The number of aryl methyl sites for hydroxylation is 1. The lowest BCUT2D eigenvalue weighted by molar-refractivity contribution is -0.118. The Hall–Kier alpha value is -1.49. The summed E-state index contributed by atoms with van der Waals surface area (Å²) in [6.45, 7) is 4.19. The molecule has 1 aliphatic carbocycles. The smallest absolute Gasteiger partial charge is 0.230 e. The molecule has 3 rings (SSSR count). The number of rotatable bonds is 7. The van der Waals surface area contributed by atoms with Crippen molar-refractivity contribution in [3.63, 3.8) is 0 Å².